The molecule has 0 N–H and O–H groups in total. The number of aryl methyl sites for hydroxylation is 4. The molecule has 356 valence electrons. The van der Waals surface area contributed by atoms with Crippen molar-refractivity contribution < 1.29 is 40.5 Å². The third-order valence-corrected chi connectivity index (χ3v) is 15.3. The van der Waals surface area contributed by atoms with Crippen LogP contribution in [0.3, 0.4) is 0 Å². The molecule has 2 saturated carbocycles. The van der Waals surface area contributed by atoms with Crippen molar-refractivity contribution in [3.63, 3.8) is 0 Å². The average Bonchev–Trinajstić information content (AvgIpc) is 3.58. The van der Waals surface area contributed by atoms with Crippen LogP contribution >= 0.6 is 19.2 Å². The van der Waals surface area contributed by atoms with Gasteiger partial charge in [0.1, 0.15) is 5.75 Å². The second kappa shape index (κ2) is 30.3. The SMILES string of the molecule is CC1C(C)C(C)C(C)C1C.CC1C(C)C(C)C(C)C1C.COc1ccc(N=C2CCCc3cc(C)c[c-]c32)cc1.Cc1ccc(N=C2CCCc3ccc[c-]c32)cc1.[CH3-].[CH3-].[Cl][Ir+2].[Cl][Ir+2]. The van der Waals surface area contributed by atoms with Crippen molar-refractivity contribution in [2.45, 2.75) is 122 Å². The van der Waals surface area contributed by atoms with E-state index in [1.165, 1.54) is 87.7 Å². The number of aliphatic imine (C=N–C) groups is 2. The maximum atomic E-state index is 5.17. The summed E-state index contributed by atoms with van der Waals surface area (Å²) in [5, 5.41) is 0. The molecular formula is C57H80Cl2Ir2N2O. The van der Waals surface area contributed by atoms with Crippen LogP contribution in [0.1, 0.15) is 128 Å². The molecule has 8 rings (SSSR count). The van der Waals surface area contributed by atoms with Crippen molar-refractivity contribution in [2.24, 2.45) is 69.2 Å². The number of hydrogen-bond donors (Lipinski definition) is 0. The Morgan fingerprint density at radius 2 is 0.875 bits per heavy atom. The van der Waals surface area contributed by atoms with Crippen LogP contribution in [0.25, 0.3) is 0 Å². The van der Waals surface area contributed by atoms with Crippen LogP contribution in [-0.4, -0.2) is 18.5 Å². The molecule has 0 unspecified atom stereocenters. The van der Waals surface area contributed by atoms with Gasteiger partial charge in [0.05, 0.1) is 18.5 Å². The Bertz CT molecular complexity index is 1860. The van der Waals surface area contributed by atoms with E-state index in [9.17, 15) is 0 Å². The van der Waals surface area contributed by atoms with E-state index in [2.05, 4.69) is 157 Å². The normalized spacial score (nSPS) is 27.2. The molecule has 0 heterocycles. The van der Waals surface area contributed by atoms with Crippen molar-refractivity contribution >= 4 is 42.0 Å². The summed E-state index contributed by atoms with van der Waals surface area (Å²) in [6.45, 7) is 28.2. The zero-order valence-electron chi connectivity index (χ0n) is 41.7. The Labute approximate surface area is 422 Å². The molecule has 4 aromatic rings. The van der Waals surface area contributed by atoms with E-state index in [1.807, 2.05) is 36.4 Å². The molecule has 0 saturated heterocycles. The Morgan fingerprint density at radius 1 is 0.500 bits per heavy atom. The predicted octanol–water partition coefficient (Wildman–Crippen LogP) is 17.1. The quantitative estimate of drug-likeness (QED) is 0.188. The molecule has 4 aromatic carbocycles. The third kappa shape index (κ3) is 16.6. The van der Waals surface area contributed by atoms with Crippen molar-refractivity contribution in [2.75, 3.05) is 7.11 Å². The van der Waals surface area contributed by atoms with Gasteiger partial charge >= 0.3 is 54.9 Å². The third-order valence-electron chi connectivity index (χ3n) is 15.3. The summed E-state index contributed by atoms with van der Waals surface area (Å²) in [4.78, 5) is 9.58. The Hall–Kier alpha value is -2.10. The maximum absolute atomic E-state index is 5.17. The van der Waals surface area contributed by atoms with Gasteiger partial charge in [-0.2, -0.15) is 0 Å². The summed E-state index contributed by atoms with van der Waals surface area (Å²) < 4.78 is 5.17. The molecule has 3 nitrogen and oxygen atoms in total. The molecule has 0 radical (unpaired) electrons. The Balaban J connectivity index is 0.000000428. The molecule has 2 fully saturated rings. The van der Waals surface area contributed by atoms with Crippen LogP contribution < -0.4 is 4.74 Å². The Kier molecular flexibility index (Phi) is 28.4. The van der Waals surface area contributed by atoms with Gasteiger partial charge < -0.3 is 29.6 Å². The summed E-state index contributed by atoms with van der Waals surface area (Å²) in [6, 6.07) is 33.5. The molecule has 0 spiro atoms. The topological polar surface area (TPSA) is 34.0 Å². The molecule has 0 bridgehead atoms. The molecule has 4 aliphatic rings. The Morgan fingerprint density at radius 3 is 1.28 bits per heavy atom. The van der Waals surface area contributed by atoms with Crippen molar-refractivity contribution in [1.29, 1.82) is 0 Å². The fourth-order valence-electron chi connectivity index (χ4n) is 9.82. The fourth-order valence-corrected chi connectivity index (χ4v) is 9.82. The van der Waals surface area contributed by atoms with E-state index in [0.717, 1.165) is 108 Å². The van der Waals surface area contributed by atoms with E-state index in [0.29, 0.717) is 0 Å². The first kappa shape index (κ1) is 59.9. The van der Waals surface area contributed by atoms with Gasteiger partial charge in [-0.05, 0) is 127 Å². The summed E-state index contributed by atoms with van der Waals surface area (Å²) in [5.41, 5.74) is 12.1. The van der Waals surface area contributed by atoms with Crippen LogP contribution in [-0.2, 0) is 48.6 Å². The van der Waals surface area contributed by atoms with Gasteiger partial charge in [-0.25, -0.2) is 0 Å². The summed E-state index contributed by atoms with van der Waals surface area (Å²) in [5.74, 6) is 10.2. The average molecular weight is 1260 g/mol. The van der Waals surface area contributed by atoms with Gasteiger partial charge in [-0.1, -0.05) is 120 Å². The second-order valence-corrected chi connectivity index (χ2v) is 18.6. The fraction of sp³-hybridized carbons (Fsp3) is 0.509. The number of ether oxygens (including phenoxy) is 1. The van der Waals surface area contributed by atoms with Crippen LogP contribution in [0.2, 0.25) is 0 Å². The number of methoxy groups -OCH3 is 1. The van der Waals surface area contributed by atoms with E-state index < -0.39 is 0 Å². The van der Waals surface area contributed by atoms with Gasteiger partial charge in [-0.3, -0.25) is 0 Å². The first-order chi connectivity index (χ1) is 29.7. The molecule has 0 aliphatic heterocycles. The van der Waals surface area contributed by atoms with Crippen LogP contribution in [0.15, 0.2) is 88.8 Å². The van der Waals surface area contributed by atoms with Gasteiger partial charge in [0.2, 0.25) is 0 Å². The molecule has 7 heteroatoms. The minimum absolute atomic E-state index is 0. The molecular weight excluding hydrogens is 1180 g/mol. The number of benzene rings is 4. The van der Waals surface area contributed by atoms with Gasteiger partial charge in [0.25, 0.3) is 0 Å². The van der Waals surface area contributed by atoms with Gasteiger partial charge in [0.15, 0.2) is 0 Å². The van der Waals surface area contributed by atoms with Crippen LogP contribution in [0.4, 0.5) is 11.4 Å². The van der Waals surface area contributed by atoms with Crippen molar-refractivity contribution in [3.8, 4) is 5.75 Å². The van der Waals surface area contributed by atoms with Crippen LogP contribution in [0.5, 0.6) is 5.75 Å². The first-order valence-corrected chi connectivity index (χ1v) is 28.8. The molecule has 0 amide bonds. The van der Waals surface area contributed by atoms with E-state index >= 15 is 0 Å². The zero-order chi connectivity index (χ0) is 46.1. The van der Waals surface area contributed by atoms with Crippen molar-refractivity contribution in [3.05, 3.63) is 139 Å². The van der Waals surface area contributed by atoms with Gasteiger partial charge in [0, 0.05) is 0 Å². The predicted molar refractivity (Wildman–Crippen MR) is 274 cm³/mol. The standard InChI is InChI=1S/C18H18NO.C17H16N.2C10H20.2CH3.2ClH.2Ir/c1-13-6-11-17-14(12-13)4-3-5-18(17)19-15-7-9-16(20-2)10-8-15;1-13-9-11-15(12-10-13)18-17-8-4-6-14-5-2-3-7-16(14)17;2*1-6-7(2)9(4)10(5)8(6)3;;;;;;/h6-10,12H,3-5H2,1-2H3;2-3,5,9-12H,4,6,8H2,1H3;2*6-10H,1-5H3;2*1H3;2*1H;;/q2*-1;;;2*-1;;;2*+3/p-2. The van der Waals surface area contributed by atoms with Gasteiger partial charge in [-0.15, -0.1) is 70.3 Å². The summed E-state index contributed by atoms with van der Waals surface area (Å²) in [7, 11) is 11.0. The first-order valence-electron chi connectivity index (χ1n) is 22.8. The molecule has 0 atom stereocenters. The number of fused-ring (bicyclic) bond motifs is 2. The van der Waals surface area contributed by atoms with E-state index in [-0.39, 0.29) is 14.9 Å². The molecule has 4 aliphatic carbocycles. The minimum atomic E-state index is 0. The number of hydrogen-bond acceptors (Lipinski definition) is 3. The summed E-state index contributed by atoms with van der Waals surface area (Å²) in [6.07, 6.45) is 6.73. The summed E-state index contributed by atoms with van der Waals surface area (Å²) >= 11 is 2.94. The molecule has 0 aromatic heterocycles. The monoisotopic (exact) mass is 1260 g/mol. The van der Waals surface area contributed by atoms with Crippen LogP contribution in [0, 0.1) is 100 Å². The van der Waals surface area contributed by atoms with E-state index in [4.69, 9.17) is 14.7 Å². The molecule has 64 heavy (non-hydrogen) atoms. The second-order valence-electron chi connectivity index (χ2n) is 18.6. The zero-order valence-corrected chi connectivity index (χ0v) is 48.0. The number of rotatable bonds is 3. The number of nitrogens with zero attached hydrogens (tertiary/aromatic N) is 2. The van der Waals surface area contributed by atoms with E-state index in [1.54, 1.807) is 7.11 Å². The van der Waals surface area contributed by atoms with Crippen molar-refractivity contribution in [1.82, 2.24) is 0 Å². The number of halogens is 2.